The van der Waals surface area contributed by atoms with Crippen LogP contribution >= 0.6 is 0 Å². The van der Waals surface area contributed by atoms with E-state index in [0.717, 1.165) is 28.1 Å². The van der Waals surface area contributed by atoms with E-state index in [1.165, 1.54) is 13.1 Å². The lowest BCUT2D eigenvalue weighted by molar-refractivity contribution is -0.118. The van der Waals surface area contributed by atoms with Crippen molar-refractivity contribution in [3.8, 4) is 11.5 Å². The molecule has 6 rings (SSSR count). The van der Waals surface area contributed by atoms with Crippen LogP contribution in [0.15, 0.2) is 464 Å². The third-order valence-electron chi connectivity index (χ3n) is 11.8. The van der Waals surface area contributed by atoms with E-state index in [4.69, 9.17) is 9.47 Å². The molecule has 2 aliphatic rings. The van der Waals surface area contributed by atoms with Crippen LogP contribution in [-0.4, -0.2) is 70.8 Å². The molecule has 0 fully saturated rings. The molecule has 0 saturated heterocycles. The first-order valence-electron chi connectivity index (χ1n) is 32.9. The first kappa shape index (κ1) is 94.6. The average Bonchev–Trinajstić information content (AvgIpc) is 1.54. The number of hydrogen-bond donors (Lipinski definition) is 2. The van der Waals surface area contributed by atoms with Crippen molar-refractivity contribution in [1.29, 1.82) is 0 Å². The first-order chi connectivity index (χ1) is 58.6. The highest BCUT2D eigenvalue weighted by Gasteiger charge is 2.34. The van der Waals surface area contributed by atoms with Crippen molar-refractivity contribution in [2.45, 2.75) is 32.6 Å². The zero-order chi connectivity index (χ0) is 86.1. The van der Waals surface area contributed by atoms with Gasteiger partial charge in [-0.3, -0.25) is 4.90 Å². The smallest absolute Gasteiger partial charge is 0.406 e. The van der Waals surface area contributed by atoms with Gasteiger partial charge in [-0.15, -0.1) is 0 Å². The van der Waals surface area contributed by atoms with Crippen molar-refractivity contribution in [3.63, 3.8) is 0 Å². The maximum atomic E-state index is 12.9. The number of alkyl halides is 6. The van der Waals surface area contributed by atoms with E-state index in [2.05, 4.69) is 423 Å². The van der Waals surface area contributed by atoms with Crippen LogP contribution < -0.4 is 25.0 Å². The average molecular weight is 1560 g/mol. The summed E-state index contributed by atoms with van der Waals surface area (Å²) >= 11 is 0. The molecule has 0 bridgehead atoms. The molecule has 10 nitrogen and oxygen atoms in total. The first-order valence-corrected chi connectivity index (χ1v) is 32.9. The summed E-state index contributed by atoms with van der Waals surface area (Å²) in [4.78, 5) is 21.2. The molecule has 558 valence electrons. The number of rotatable bonds is 6. The minimum absolute atomic E-state index is 0. The highest BCUT2D eigenvalue weighted by atomic mass is 19.4. The number of nitrogens with zero attached hydrogens (tertiary/aromatic N) is 5. The number of hydrogen-bond acceptors (Lipinski definition) is 6. The Bertz CT molecular complexity index is 7570. The molecule has 4 heterocycles. The molecule has 4 aromatic rings. The zero-order valence-corrected chi connectivity index (χ0v) is 62.8. The number of urea groups is 1. The minimum atomic E-state index is -4.52. The topological polar surface area (TPSA) is 98.5 Å². The number of carbonyl (C=O) groups is 1. The fraction of sp³-hybridized carbons (Fsp3) is 0.114. The fourth-order valence-electron chi connectivity index (χ4n) is 7.45. The monoisotopic (exact) mass is 1560 g/mol. The molecule has 0 atom stereocenters. The molecular formula is C105H43F6N7O3. The predicted octanol–water partition coefficient (Wildman–Crippen LogP) is 19.2. The summed E-state index contributed by atoms with van der Waals surface area (Å²) in [7, 11) is 5.02. The van der Waals surface area contributed by atoms with Crippen LogP contribution in [0.25, 0.3) is 23.3 Å². The van der Waals surface area contributed by atoms with Crippen molar-refractivity contribution >= 4 is 40.7 Å². The van der Waals surface area contributed by atoms with E-state index in [1.54, 1.807) is 47.6 Å². The largest absolute Gasteiger partial charge is 0.493 e. The van der Waals surface area contributed by atoms with Gasteiger partial charge in [-0.2, -0.15) is 26.3 Å². The maximum Gasteiger partial charge on any atom is 0.406 e. The van der Waals surface area contributed by atoms with Crippen molar-refractivity contribution in [2.75, 3.05) is 43.6 Å². The summed E-state index contributed by atoms with van der Waals surface area (Å²) in [6.07, 6.45) is 3.41. The van der Waals surface area contributed by atoms with Crippen LogP contribution in [0.3, 0.4) is 0 Å². The Morgan fingerprint density at radius 3 is 0.868 bits per heavy atom. The lowest BCUT2D eigenvalue weighted by atomic mass is 9.98. The van der Waals surface area contributed by atoms with Gasteiger partial charge in [0.2, 0.25) is 0 Å². The second-order valence-electron chi connectivity index (χ2n) is 20.2. The van der Waals surface area contributed by atoms with Crippen LogP contribution in [-0.2, 0) is 14.1 Å². The molecular weight excluding hydrogens is 1520 g/mol. The number of fused-ring (bicyclic) bond motifs is 2. The van der Waals surface area contributed by atoms with Crippen LogP contribution in [0, 0.1) is 0 Å². The number of anilines is 2. The standard InChI is InChI=1S/C70H4.C18H19F3N4O2.C16H16F3N3O.CH4/c1-3-5-7-9-11-13-15-17-19-21-23-25-27-29-31-33-35-37-39-41-43-45-47-49-51-53-55-57-59-61-63-65-67-69-70-68-66-64-62-60-58-56-54-52-50-48-46-44-42-40-38-36-34-32-30-28-26-24-22-20-18-16-14-12-10-8-6-4-2;1-22-17(26)25(10-18(19,20)21)14-3-4-16-15(8-14)12(5-6-27-16)7-13-9-24(2)11-23-13;1-22-8-13(21-10-22)6-11-4-5-23-15-3-2-12(7-14(11)15)20-9-16(17,18)19;/h1-2H2;3-4,7-9,11H,5-6,10H2,1-2H3,(H,22,26);2-3,6-8,10,20H,4-5,9H2,1H3;1H4/b;12-7+;11-6+;. The summed E-state index contributed by atoms with van der Waals surface area (Å²) in [6, 6.07) is 8.72. The summed E-state index contributed by atoms with van der Waals surface area (Å²) in [6.45, 7) is 5.19. The van der Waals surface area contributed by atoms with Gasteiger partial charge in [-0.1, -0.05) is 18.9 Å². The van der Waals surface area contributed by atoms with Gasteiger partial charge in [0.05, 0.1) is 37.3 Å². The van der Waals surface area contributed by atoms with Crippen molar-refractivity contribution in [2.24, 2.45) is 14.1 Å². The normalized spacial score (nSPS) is 8.74. The Hall–Kier alpha value is -20.6. The van der Waals surface area contributed by atoms with Crippen LogP contribution in [0.5, 0.6) is 11.5 Å². The Balaban J connectivity index is 0.000000589. The second kappa shape index (κ2) is 61.2. The van der Waals surface area contributed by atoms with Gasteiger partial charge >= 0.3 is 18.4 Å². The molecule has 2 amide bonds. The quantitative estimate of drug-likeness (QED) is 0.147. The van der Waals surface area contributed by atoms with Crippen LogP contribution in [0.1, 0.15) is 42.8 Å². The van der Waals surface area contributed by atoms with Crippen molar-refractivity contribution < 1.29 is 40.6 Å². The Morgan fingerprint density at radius 2 is 0.645 bits per heavy atom. The van der Waals surface area contributed by atoms with Gasteiger partial charge in [-0.05, 0) is 165 Å². The van der Waals surface area contributed by atoms with Gasteiger partial charge < -0.3 is 29.2 Å². The Kier molecular flexibility index (Phi) is 47.8. The van der Waals surface area contributed by atoms with Gasteiger partial charge in [-0.25, -0.2) is 14.8 Å². The predicted molar refractivity (Wildman–Crippen MR) is 435 cm³/mol. The molecule has 2 aliphatic heterocycles. The zero-order valence-electron chi connectivity index (χ0n) is 62.8. The number of aromatic nitrogens is 4. The van der Waals surface area contributed by atoms with Crippen molar-refractivity contribution in [1.82, 2.24) is 24.4 Å². The third-order valence-corrected chi connectivity index (χ3v) is 11.8. The summed E-state index contributed by atoms with van der Waals surface area (Å²) in [5.74, 6) is 1.24. The van der Waals surface area contributed by atoms with E-state index >= 15 is 0 Å². The van der Waals surface area contributed by atoms with E-state index in [1.807, 2.05) is 43.2 Å². The third kappa shape index (κ3) is 48.5. The number of imidazole rings is 2. The molecule has 2 N–H and O–H groups in total. The van der Waals surface area contributed by atoms with Gasteiger partial charge in [0.15, 0.2) is 0 Å². The number of nitrogens with one attached hydrogen (secondary N) is 2. The van der Waals surface area contributed by atoms with Gasteiger partial charge in [0.1, 0.15) is 24.6 Å². The molecule has 0 radical (unpaired) electrons. The van der Waals surface area contributed by atoms with E-state index in [0.29, 0.717) is 53.7 Å². The Labute approximate surface area is 690 Å². The molecule has 0 unspecified atom stereocenters. The van der Waals surface area contributed by atoms with E-state index in [-0.39, 0.29) is 13.1 Å². The molecule has 2 aromatic heterocycles. The molecule has 0 aliphatic carbocycles. The number of amides is 2. The minimum Gasteiger partial charge on any atom is -0.493 e. The Morgan fingerprint density at radius 1 is 0.397 bits per heavy atom. The highest BCUT2D eigenvalue weighted by molar-refractivity contribution is 5.94. The highest BCUT2D eigenvalue weighted by Crippen LogP contribution is 2.38. The molecule has 121 heavy (non-hydrogen) atoms. The lowest BCUT2D eigenvalue weighted by Crippen LogP contribution is -2.43. The van der Waals surface area contributed by atoms with Crippen molar-refractivity contribution in [3.05, 3.63) is 487 Å². The van der Waals surface area contributed by atoms with E-state index < -0.39 is 31.5 Å². The summed E-state index contributed by atoms with van der Waals surface area (Å²) < 4.78 is 90.6. The van der Waals surface area contributed by atoms with Gasteiger partial charge in [0, 0.05) is 355 Å². The molecule has 0 saturated carbocycles. The fourth-order valence-corrected chi connectivity index (χ4v) is 7.45. The molecule has 2 aromatic carbocycles. The van der Waals surface area contributed by atoms with E-state index in [9.17, 15) is 31.1 Å². The second-order valence-corrected chi connectivity index (χ2v) is 20.2. The van der Waals surface area contributed by atoms with Gasteiger partial charge in [0.25, 0.3) is 0 Å². The summed E-state index contributed by atoms with van der Waals surface area (Å²) in [5, 5.41) is 4.64. The number of halogens is 6. The number of benzene rings is 2. The SMILES string of the molecule is C.C=C=C=C=C=C=C=C=C=C=C=C=C=C=C=C=C=C=C=C=C=C=C=C=C=C=C=C=C=C=C=C=C=C=C=C=C=C=C=C=C=C=C=C=C=C=C=C=C=C=C=C=C=C=C=C=C=C=C=C=C=C=C=C=C=C=C=C=C=C.CNC(=O)N(CC(F)(F)F)c1ccc2c(c1)/C(=C/c1cn(C)cn1)CCO2.Cn1cnc(/C=C2\CCOc3ccc(NCC(F)(F)F)cc32)c1. The number of carbonyl (C=O) groups excluding carboxylic acids is 1. The summed E-state index contributed by atoms with van der Waals surface area (Å²) in [5.41, 5.74) is 175. The maximum absolute atomic E-state index is 12.9. The van der Waals surface area contributed by atoms with Crippen LogP contribution in [0.2, 0.25) is 0 Å². The molecule has 16 heteroatoms. The lowest BCUT2D eigenvalue weighted by Gasteiger charge is -2.26. The van der Waals surface area contributed by atoms with Crippen LogP contribution in [0.4, 0.5) is 42.5 Å². The number of aryl methyl sites for hydroxylation is 2. The number of ether oxygens (including phenoxy) is 2. The molecule has 0 spiro atoms.